The van der Waals surface area contributed by atoms with Gasteiger partial charge in [-0.1, -0.05) is 34.1 Å². The van der Waals surface area contributed by atoms with Crippen LogP contribution < -0.4 is 0 Å². The van der Waals surface area contributed by atoms with E-state index in [1.165, 1.54) is 25.7 Å². The molecule has 0 amide bonds. The molecule has 0 aromatic carbocycles. The molecule has 4 unspecified atom stereocenters. The lowest BCUT2D eigenvalue weighted by molar-refractivity contribution is -0.203. The highest BCUT2D eigenvalue weighted by Crippen LogP contribution is 2.69. The van der Waals surface area contributed by atoms with E-state index >= 15 is 0 Å². The van der Waals surface area contributed by atoms with Gasteiger partial charge >= 0.3 is 0 Å². The predicted octanol–water partition coefficient (Wildman–Crippen LogP) is 4.63. The molecular weight excluding hydrogens is 348 g/mol. The van der Waals surface area contributed by atoms with Crippen LogP contribution in [0.3, 0.4) is 0 Å². The third kappa shape index (κ3) is 2.94. The van der Waals surface area contributed by atoms with Gasteiger partial charge in [0, 0.05) is 6.61 Å². The number of hydrogen-bond acceptors (Lipinski definition) is 3. The molecule has 4 saturated carbocycles. The van der Waals surface area contributed by atoms with E-state index in [0.29, 0.717) is 58.9 Å². The van der Waals surface area contributed by atoms with Crippen molar-refractivity contribution in [1.82, 2.24) is 0 Å². The number of rotatable bonds is 4. The van der Waals surface area contributed by atoms with Crippen molar-refractivity contribution in [2.75, 3.05) is 6.61 Å². The molecule has 0 saturated heterocycles. The van der Waals surface area contributed by atoms with Crippen molar-refractivity contribution in [3.8, 4) is 0 Å². The van der Waals surface area contributed by atoms with E-state index in [1.54, 1.807) is 0 Å². The summed E-state index contributed by atoms with van der Waals surface area (Å²) >= 11 is 0. The van der Waals surface area contributed by atoms with Gasteiger partial charge in [-0.3, -0.25) is 0 Å². The lowest BCUT2D eigenvalue weighted by Gasteiger charge is -2.64. The molecule has 0 bridgehead atoms. The SMILES string of the molecule is CC[C@@H]1C(O)C2C3CC[C@H]([C@H](C)CCO)[C@@]3(C)CCC2[C@@]2(C)CC[C@@H](O)C[C@@H]12. The van der Waals surface area contributed by atoms with E-state index in [0.717, 1.165) is 32.1 Å². The Bertz CT molecular complexity index is 564. The van der Waals surface area contributed by atoms with Gasteiger partial charge in [-0.25, -0.2) is 0 Å². The topological polar surface area (TPSA) is 60.7 Å². The smallest absolute Gasteiger partial charge is 0.0605 e. The maximum absolute atomic E-state index is 11.7. The molecule has 4 rings (SSSR count). The Hall–Kier alpha value is -0.120. The highest BCUT2D eigenvalue weighted by molar-refractivity contribution is 5.13. The summed E-state index contributed by atoms with van der Waals surface area (Å²) in [5.41, 5.74) is 0.617. The molecule has 3 nitrogen and oxygen atoms in total. The Morgan fingerprint density at radius 1 is 0.929 bits per heavy atom. The second-order valence-electron chi connectivity index (χ2n) is 11.6. The van der Waals surface area contributed by atoms with E-state index in [1.807, 2.05) is 0 Å². The molecule has 0 aliphatic heterocycles. The first-order valence-corrected chi connectivity index (χ1v) is 12.2. The Kier molecular flexibility index (Phi) is 5.69. The molecule has 4 aliphatic rings. The minimum absolute atomic E-state index is 0.167. The molecule has 3 N–H and O–H groups in total. The maximum Gasteiger partial charge on any atom is 0.0605 e. The fourth-order valence-corrected chi connectivity index (χ4v) is 9.34. The first kappa shape index (κ1) is 21.1. The van der Waals surface area contributed by atoms with Crippen molar-refractivity contribution >= 4 is 0 Å². The van der Waals surface area contributed by atoms with E-state index in [2.05, 4.69) is 27.7 Å². The van der Waals surface area contributed by atoms with Crippen LogP contribution in [0.1, 0.15) is 85.5 Å². The minimum Gasteiger partial charge on any atom is -0.396 e. The molecule has 0 heterocycles. The zero-order valence-electron chi connectivity index (χ0n) is 18.6. The Balaban J connectivity index is 1.67. The van der Waals surface area contributed by atoms with Crippen molar-refractivity contribution in [3.05, 3.63) is 0 Å². The molecular formula is C25H44O3. The summed E-state index contributed by atoms with van der Waals surface area (Å²) in [4.78, 5) is 0. The van der Waals surface area contributed by atoms with Crippen LogP contribution in [0.25, 0.3) is 0 Å². The fraction of sp³-hybridized carbons (Fsp3) is 1.00. The van der Waals surface area contributed by atoms with Gasteiger partial charge in [-0.15, -0.1) is 0 Å². The standard InChI is InChI=1S/C25H44O3/c1-5-17-21-14-16(27)8-11-25(21,4)20-9-12-24(3)18(15(2)10-13-26)6-7-19(24)22(20)23(17)28/h15-23,26-28H,5-14H2,1-4H3/t15-,16-,17+,18-,19?,20?,21+,22?,23?,24-,25-/m1/s1. The predicted molar refractivity (Wildman–Crippen MR) is 113 cm³/mol. The molecule has 0 spiro atoms. The normalized spacial score (nSPS) is 54.5. The lowest BCUT2D eigenvalue weighted by Crippen LogP contribution is -2.62. The summed E-state index contributed by atoms with van der Waals surface area (Å²) in [5, 5.41) is 31.6. The Labute approximate surface area is 172 Å². The van der Waals surface area contributed by atoms with E-state index in [9.17, 15) is 15.3 Å². The Morgan fingerprint density at radius 2 is 1.61 bits per heavy atom. The summed E-state index contributed by atoms with van der Waals surface area (Å²) in [6.45, 7) is 9.92. The van der Waals surface area contributed by atoms with Crippen LogP contribution in [0.15, 0.2) is 0 Å². The lowest BCUT2D eigenvalue weighted by atomic mass is 9.41. The summed E-state index contributed by atoms with van der Waals surface area (Å²) < 4.78 is 0. The van der Waals surface area contributed by atoms with Crippen LogP contribution in [0.2, 0.25) is 0 Å². The third-order valence-corrected chi connectivity index (χ3v) is 10.7. The number of aliphatic hydroxyl groups is 3. The van der Waals surface area contributed by atoms with Crippen LogP contribution in [-0.4, -0.2) is 34.1 Å². The van der Waals surface area contributed by atoms with Crippen LogP contribution in [-0.2, 0) is 0 Å². The minimum atomic E-state index is -0.199. The average molecular weight is 393 g/mol. The molecule has 28 heavy (non-hydrogen) atoms. The van der Waals surface area contributed by atoms with Crippen molar-refractivity contribution in [1.29, 1.82) is 0 Å². The van der Waals surface area contributed by atoms with Gasteiger partial charge in [0.05, 0.1) is 12.2 Å². The largest absolute Gasteiger partial charge is 0.396 e. The zero-order chi connectivity index (χ0) is 20.3. The first-order valence-electron chi connectivity index (χ1n) is 12.2. The first-order chi connectivity index (χ1) is 13.3. The van der Waals surface area contributed by atoms with Gasteiger partial charge < -0.3 is 15.3 Å². The second kappa shape index (κ2) is 7.54. The van der Waals surface area contributed by atoms with Gasteiger partial charge in [0.2, 0.25) is 0 Å². The average Bonchev–Trinajstić information content (AvgIpc) is 3.01. The van der Waals surface area contributed by atoms with Crippen LogP contribution in [0.4, 0.5) is 0 Å². The summed E-state index contributed by atoms with van der Waals surface area (Å²) in [5.74, 6) is 3.78. The molecule has 4 fully saturated rings. The molecule has 0 radical (unpaired) electrons. The zero-order valence-corrected chi connectivity index (χ0v) is 18.6. The fourth-order valence-electron chi connectivity index (χ4n) is 9.34. The Morgan fingerprint density at radius 3 is 2.29 bits per heavy atom. The van der Waals surface area contributed by atoms with Gasteiger partial charge in [-0.05, 0) is 104 Å². The summed E-state index contributed by atoms with van der Waals surface area (Å²) in [6.07, 6.45) is 9.62. The summed E-state index contributed by atoms with van der Waals surface area (Å²) in [7, 11) is 0. The molecule has 162 valence electrons. The maximum atomic E-state index is 11.7. The number of hydrogen-bond donors (Lipinski definition) is 3. The quantitative estimate of drug-likeness (QED) is 0.653. The number of aliphatic hydroxyl groups excluding tert-OH is 3. The van der Waals surface area contributed by atoms with Gasteiger partial charge in [0.25, 0.3) is 0 Å². The molecule has 0 aromatic rings. The molecule has 4 aliphatic carbocycles. The van der Waals surface area contributed by atoms with Gasteiger partial charge in [0.15, 0.2) is 0 Å². The van der Waals surface area contributed by atoms with E-state index in [4.69, 9.17) is 0 Å². The van der Waals surface area contributed by atoms with Crippen LogP contribution in [0.5, 0.6) is 0 Å². The molecule has 0 aromatic heterocycles. The van der Waals surface area contributed by atoms with E-state index < -0.39 is 0 Å². The van der Waals surface area contributed by atoms with Gasteiger partial charge in [0.1, 0.15) is 0 Å². The van der Waals surface area contributed by atoms with Crippen molar-refractivity contribution in [2.45, 2.75) is 97.7 Å². The number of fused-ring (bicyclic) bond motifs is 5. The van der Waals surface area contributed by atoms with Gasteiger partial charge in [-0.2, -0.15) is 0 Å². The highest BCUT2D eigenvalue weighted by Gasteiger charge is 2.64. The highest BCUT2D eigenvalue weighted by atomic mass is 16.3. The van der Waals surface area contributed by atoms with Crippen molar-refractivity contribution in [3.63, 3.8) is 0 Å². The third-order valence-electron chi connectivity index (χ3n) is 10.7. The van der Waals surface area contributed by atoms with E-state index in [-0.39, 0.29) is 12.2 Å². The molecule has 11 atom stereocenters. The van der Waals surface area contributed by atoms with Crippen molar-refractivity contribution < 1.29 is 15.3 Å². The molecule has 3 heteroatoms. The van der Waals surface area contributed by atoms with Crippen LogP contribution in [0, 0.1) is 52.3 Å². The van der Waals surface area contributed by atoms with Crippen LogP contribution >= 0.6 is 0 Å². The second-order valence-corrected chi connectivity index (χ2v) is 11.6. The summed E-state index contributed by atoms with van der Waals surface area (Å²) in [6, 6.07) is 0. The van der Waals surface area contributed by atoms with Crippen molar-refractivity contribution in [2.24, 2.45) is 52.3 Å². The monoisotopic (exact) mass is 392 g/mol.